The molecule has 1 amide bonds. The maximum atomic E-state index is 11.7. The lowest BCUT2D eigenvalue weighted by Crippen LogP contribution is -2.25. The summed E-state index contributed by atoms with van der Waals surface area (Å²) in [5, 5.41) is 8.90. The summed E-state index contributed by atoms with van der Waals surface area (Å²) in [6.45, 7) is 2.34. The summed E-state index contributed by atoms with van der Waals surface area (Å²) in [5.74, 6) is -1.58. The van der Waals surface area contributed by atoms with E-state index in [9.17, 15) is 9.59 Å². The largest absolute Gasteiger partial charge is 0.481 e. The molecule has 1 aliphatic heterocycles. The van der Waals surface area contributed by atoms with E-state index in [0.717, 1.165) is 12.1 Å². The molecule has 1 saturated heterocycles. The van der Waals surface area contributed by atoms with Crippen LogP contribution in [-0.4, -0.2) is 23.5 Å². The Hall–Kier alpha value is -1.84. The molecule has 90 valence electrons. The van der Waals surface area contributed by atoms with Crippen molar-refractivity contribution in [2.75, 3.05) is 11.4 Å². The van der Waals surface area contributed by atoms with Gasteiger partial charge >= 0.3 is 5.97 Å². The number of carbonyl (C=O) groups excluding carboxylic acids is 1. The zero-order valence-corrected chi connectivity index (χ0v) is 9.72. The Balaban J connectivity index is 2.17. The third-order valence-electron chi connectivity index (χ3n) is 3.13. The van der Waals surface area contributed by atoms with Gasteiger partial charge < -0.3 is 10.0 Å². The highest BCUT2D eigenvalue weighted by Gasteiger charge is 2.34. The van der Waals surface area contributed by atoms with Crippen LogP contribution in [0.5, 0.6) is 0 Å². The molecule has 1 unspecified atom stereocenters. The number of aryl methyl sites for hydroxylation is 1. The Labute approximate surface area is 99.9 Å². The first-order valence-electron chi connectivity index (χ1n) is 5.74. The lowest BCUT2D eigenvalue weighted by molar-refractivity contribution is -0.141. The van der Waals surface area contributed by atoms with Gasteiger partial charge in [-0.05, 0) is 24.1 Å². The standard InChI is InChI=1S/C13H15NO3/c1-2-9-3-5-11(6-4-9)14-8-10(13(16)17)7-12(14)15/h3-6,10H,2,7-8H2,1H3,(H,16,17). The number of hydrogen-bond donors (Lipinski definition) is 1. The zero-order chi connectivity index (χ0) is 12.4. The van der Waals surface area contributed by atoms with Gasteiger partial charge in [0.1, 0.15) is 0 Å². The van der Waals surface area contributed by atoms with Gasteiger partial charge in [-0.15, -0.1) is 0 Å². The SMILES string of the molecule is CCc1ccc(N2CC(C(=O)O)CC2=O)cc1. The second kappa shape index (κ2) is 4.57. The Kier molecular flexibility index (Phi) is 3.13. The van der Waals surface area contributed by atoms with Gasteiger partial charge in [-0.2, -0.15) is 0 Å². The van der Waals surface area contributed by atoms with E-state index >= 15 is 0 Å². The molecule has 0 spiro atoms. The molecule has 1 fully saturated rings. The number of aliphatic carboxylic acids is 1. The van der Waals surface area contributed by atoms with Crippen LogP contribution in [0.4, 0.5) is 5.69 Å². The number of carboxylic acid groups (broad SMARTS) is 1. The highest BCUT2D eigenvalue weighted by molar-refractivity contribution is 5.99. The number of hydrogen-bond acceptors (Lipinski definition) is 2. The number of carboxylic acids is 1. The molecule has 2 rings (SSSR count). The molecule has 1 heterocycles. The Morgan fingerprint density at radius 1 is 1.41 bits per heavy atom. The van der Waals surface area contributed by atoms with Crippen molar-refractivity contribution in [3.63, 3.8) is 0 Å². The van der Waals surface area contributed by atoms with Gasteiger partial charge in [0.25, 0.3) is 0 Å². The summed E-state index contributed by atoms with van der Waals surface area (Å²) in [6.07, 6.45) is 1.05. The molecule has 4 nitrogen and oxygen atoms in total. The van der Waals surface area contributed by atoms with Crippen LogP contribution in [-0.2, 0) is 16.0 Å². The van der Waals surface area contributed by atoms with Crippen LogP contribution in [0, 0.1) is 5.92 Å². The number of nitrogens with zero attached hydrogens (tertiary/aromatic N) is 1. The Morgan fingerprint density at radius 2 is 2.06 bits per heavy atom. The molecular weight excluding hydrogens is 218 g/mol. The number of benzene rings is 1. The second-order valence-corrected chi connectivity index (χ2v) is 4.26. The first kappa shape index (κ1) is 11.6. The summed E-state index contributed by atoms with van der Waals surface area (Å²) in [7, 11) is 0. The summed E-state index contributed by atoms with van der Waals surface area (Å²) in [5.41, 5.74) is 1.99. The van der Waals surface area contributed by atoms with Crippen molar-refractivity contribution >= 4 is 17.6 Å². The lowest BCUT2D eigenvalue weighted by atomic mass is 10.1. The number of carbonyl (C=O) groups is 2. The molecule has 1 N–H and O–H groups in total. The fourth-order valence-electron chi connectivity index (χ4n) is 2.03. The van der Waals surface area contributed by atoms with Crippen molar-refractivity contribution in [1.29, 1.82) is 0 Å². The molecule has 4 heteroatoms. The van der Waals surface area contributed by atoms with Crippen LogP contribution in [0.2, 0.25) is 0 Å². The van der Waals surface area contributed by atoms with E-state index in [1.165, 1.54) is 5.56 Å². The first-order chi connectivity index (χ1) is 8.11. The van der Waals surface area contributed by atoms with E-state index in [0.29, 0.717) is 0 Å². The molecular formula is C13H15NO3. The molecule has 0 aromatic heterocycles. The minimum atomic E-state index is -0.897. The van der Waals surface area contributed by atoms with Gasteiger partial charge in [0.05, 0.1) is 5.92 Å². The lowest BCUT2D eigenvalue weighted by Gasteiger charge is -2.16. The van der Waals surface area contributed by atoms with E-state index in [1.807, 2.05) is 24.3 Å². The third kappa shape index (κ3) is 2.30. The molecule has 17 heavy (non-hydrogen) atoms. The Bertz CT molecular complexity index is 438. The first-order valence-corrected chi connectivity index (χ1v) is 5.74. The highest BCUT2D eigenvalue weighted by Crippen LogP contribution is 2.25. The van der Waals surface area contributed by atoms with E-state index in [1.54, 1.807) is 4.90 Å². The number of rotatable bonds is 3. The molecule has 1 atom stereocenters. The molecule has 1 aliphatic rings. The van der Waals surface area contributed by atoms with Crippen LogP contribution in [0.1, 0.15) is 18.9 Å². The maximum Gasteiger partial charge on any atom is 0.308 e. The van der Waals surface area contributed by atoms with E-state index < -0.39 is 11.9 Å². The van der Waals surface area contributed by atoms with Crippen molar-refractivity contribution in [3.05, 3.63) is 29.8 Å². The van der Waals surface area contributed by atoms with Gasteiger partial charge in [0.15, 0.2) is 0 Å². The summed E-state index contributed by atoms with van der Waals surface area (Å²) >= 11 is 0. The van der Waals surface area contributed by atoms with E-state index in [2.05, 4.69) is 6.92 Å². The van der Waals surface area contributed by atoms with Crippen LogP contribution < -0.4 is 4.90 Å². The van der Waals surface area contributed by atoms with Crippen molar-refractivity contribution in [2.24, 2.45) is 5.92 Å². The zero-order valence-electron chi connectivity index (χ0n) is 9.72. The maximum absolute atomic E-state index is 11.7. The molecule has 1 aromatic carbocycles. The van der Waals surface area contributed by atoms with Crippen LogP contribution >= 0.6 is 0 Å². The monoisotopic (exact) mass is 233 g/mol. The van der Waals surface area contributed by atoms with Gasteiger partial charge in [0, 0.05) is 18.7 Å². The minimum absolute atomic E-state index is 0.102. The van der Waals surface area contributed by atoms with Crippen LogP contribution in [0.25, 0.3) is 0 Å². The topological polar surface area (TPSA) is 57.6 Å². The third-order valence-corrected chi connectivity index (χ3v) is 3.13. The van der Waals surface area contributed by atoms with Gasteiger partial charge in [0.2, 0.25) is 5.91 Å². The summed E-state index contributed by atoms with van der Waals surface area (Å²) in [6, 6.07) is 7.69. The predicted molar refractivity (Wildman–Crippen MR) is 63.9 cm³/mol. The molecule has 0 saturated carbocycles. The summed E-state index contributed by atoms with van der Waals surface area (Å²) in [4.78, 5) is 24.1. The van der Waals surface area contributed by atoms with Crippen molar-refractivity contribution in [1.82, 2.24) is 0 Å². The predicted octanol–water partition coefficient (Wildman–Crippen LogP) is 1.69. The number of anilines is 1. The fraction of sp³-hybridized carbons (Fsp3) is 0.385. The van der Waals surface area contributed by atoms with Gasteiger partial charge in [-0.3, -0.25) is 9.59 Å². The van der Waals surface area contributed by atoms with Crippen molar-refractivity contribution in [3.8, 4) is 0 Å². The van der Waals surface area contributed by atoms with Crippen molar-refractivity contribution < 1.29 is 14.7 Å². The average Bonchev–Trinajstić information content (AvgIpc) is 2.72. The smallest absolute Gasteiger partial charge is 0.308 e. The molecule has 0 radical (unpaired) electrons. The van der Waals surface area contributed by atoms with Crippen LogP contribution in [0.15, 0.2) is 24.3 Å². The highest BCUT2D eigenvalue weighted by atomic mass is 16.4. The minimum Gasteiger partial charge on any atom is -0.481 e. The Morgan fingerprint density at radius 3 is 2.53 bits per heavy atom. The molecule has 1 aromatic rings. The normalized spacial score (nSPS) is 19.7. The van der Waals surface area contributed by atoms with Gasteiger partial charge in [-0.1, -0.05) is 19.1 Å². The van der Waals surface area contributed by atoms with Gasteiger partial charge in [-0.25, -0.2) is 0 Å². The van der Waals surface area contributed by atoms with Crippen LogP contribution in [0.3, 0.4) is 0 Å². The molecule has 0 bridgehead atoms. The quantitative estimate of drug-likeness (QED) is 0.864. The summed E-state index contributed by atoms with van der Waals surface area (Å²) < 4.78 is 0. The average molecular weight is 233 g/mol. The molecule has 0 aliphatic carbocycles. The number of amides is 1. The van der Waals surface area contributed by atoms with E-state index in [-0.39, 0.29) is 18.9 Å². The fourth-order valence-corrected chi connectivity index (χ4v) is 2.03. The second-order valence-electron chi connectivity index (χ2n) is 4.26. The van der Waals surface area contributed by atoms with E-state index in [4.69, 9.17) is 5.11 Å². The van der Waals surface area contributed by atoms with Crippen molar-refractivity contribution in [2.45, 2.75) is 19.8 Å².